The third-order valence-electron chi connectivity index (χ3n) is 2.72. The fourth-order valence-electron chi connectivity index (χ4n) is 1.84. The Bertz CT molecular complexity index is 355. The maximum absolute atomic E-state index is 5.81. The summed E-state index contributed by atoms with van der Waals surface area (Å²) in [6.07, 6.45) is 2.23. The van der Waals surface area contributed by atoms with E-state index in [1.54, 1.807) is 18.4 Å². The second kappa shape index (κ2) is 5.94. The fraction of sp³-hybridized carbons (Fsp3) is 0.769. The highest BCUT2D eigenvalue weighted by Gasteiger charge is 2.25. The van der Waals surface area contributed by atoms with Gasteiger partial charge < -0.3 is 10.5 Å². The largest absolute Gasteiger partial charge is 0.374 e. The lowest BCUT2D eigenvalue weighted by atomic mass is 9.91. The van der Waals surface area contributed by atoms with Crippen molar-refractivity contribution in [1.82, 2.24) is 4.98 Å². The van der Waals surface area contributed by atoms with E-state index in [-0.39, 0.29) is 11.5 Å². The molecule has 1 atom stereocenters. The van der Waals surface area contributed by atoms with Crippen LogP contribution in [0, 0.1) is 0 Å². The van der Waals surface area contributed by atoms with Crippen LogP contribution >= 0.6 is 11.3 Å². The third kappa shape index (κ3) is 3.50. The van der Waals surface area contributed by atoms with Gasteiger partial charge in [0.15, 0.2) is 0 Å². The molecule has 4 heteroatoms. The topological polar surface area (TPSA) is 48.1 Å². The molecule has 1 rings (SSSR count). The van der Waals surface area contributed by atoms with Crippen molar-refractivity contribution >= 4 is 11.3 Å². The molecule has 3 nitrogen and oxygen atoms in total. The van der Waals surface area contributed by atoms with E-state index in [1.165, 1.54) is 4.88 Å². The van der Waals surface area contributed by atoms with Crippen LogP contribution in [-0.2, 0) is 16.7 Å². The minimum Gasteiger partial charge on any atom is -0.374 e. The number of aromatic nitrogens is 1. The van der Waals surface area contributed by atoms with E-state index in [2.05, 4.69) is 27.7 Å². The Labute approximate surface area is 108 Å². The van der Waals surface area contributed by atoms with Crippen molar-refractivity contribution in [2.24, 2.45) is 5.73 Å². The van der Waals surface area contributed by atoms with Crippen LogP contribution in [0.15, 0.2) is 0 Å². The SMILES string of the molecule is CCCC(OC)c1nc(C(C)(C)C)c(CN)s1. The lowest BCUT2D eigenvalue weighted by molar-refractivity contribution is 0.0945. The predicted octanol–water partition coefficient (Wildman–Crippen LogP) is 3.39. The molecule has 0 aromatic carbocycles. The van der Waals surface area contributed by atoms with Gasteiger partial charge in [-0.25, -0.2) is 4.98 Å². The Morgan fingerprint density at radius 1 is 1.41 bits per heavy atom. The number of nitrogens with zero attached hydrogens (tertiary/aromatic N) is 1. The molecule has 98 valence electrons. The van der Waals surface area contributed by atoms with Gasteiger partial charge in [0.25, 0.3) is 0 Å². The molecule has 0 aliphatic heterocycles. The number of ether oxygens (including phenoxy) is 1. The first-order valence-corrected chi connectivity index (χ1v) is 6.98. The Balaban J connectivity index is 3.07. The van der Waals surface area contributed by atoms with Crippen molar-refractivity contribution < 1.29 is 4.74 Å². The van der Waals surface area contributed by atoms with Crippen LogP contribution in [-0.4, -0.2) is 12.1 Å². The van der Waals surface area contributed by atoms with E-state index in [0.717, 1.165) is 23.5 Å². The minimum atomic E-state index is 0.0496. The molecule has 1 aromatic heterocycles. The number of methoxy groups -OCH3 is 1. The standard InChI is InChI=1S/C13H24N2OS/c1-6-7-9(16-5)12-15-11(13(2,3)4)10(8-14)17-12/h9H,6-8,14H2,1-5H3. The summed E-state index contributed by atoms with van der Waals surface area (Å²) in [5.74, 6) is 0. The highest BCUT2D eigenvalue weighted by Crippen LogP contribution is 2.34. The van der Waals surface area contributed by atoms with E-state index < -0.39 is 0 Å². The molecule has 1 aromatic rings. The van der Waals surface area contributed by atoms with Crippen molar-refractivity contribution in [3.63, 3.8) is 0 Å². The van der Waals surface area contributed by atoms with E-state index in [1.807, 2.05) is 0 Å². The van der Waals surface area contributed by atoms with Gasteiger partial charge in [-0.3, -0.25) is 0 Å². The highest BCUT2D eigenvalue weighted by atomic mass is 32.1. The van der Waals surface area contributed by atoms with Crippen LogP contribution in [0.3, 0.4) is 0 Å². The van der Waals surface area contributed by atoms with Crippen LogP contribution < -0.4 is 5.73 Å². The average molecular weight is 256 g/mol. The Kier molecular flexibility index (Phi) is 5.10. The summed E-state index contributed by atoms with van der Waals surface area (Å²) in [6.45, 7) is 9.24. The lowest BCUT2D eigenvalue weighted by Crippen LogP contribution is -2.15. The molecule has 0 spiro atoms. The van der Waals surface area contributed by atoms with Gasteiger partial charge in [0.05, 0.1) is 5.69 Å². The zero-order valence-corrected chi connectivity index (χ0v) is 12.4. The van der Waals surface area contributed by atoms with Crippen LogP contribution in [0.4, 0.5) is 0 Å². The minimum absolute atomic E-state index is 0.0496. The lowest BCUT2D eigenvalue weighted by Gasteiger charge is -2.17. The van der Waals surface area contributed by atoms with E-state index in [0.29, 0.717) is 6.54 Å². The summed E-state index contributed by atoms with van der Waals surface area (Å²) < 4.78 is 5.51. The molecular weight excluding hydrogens is 232 g/mol. The van der Waals surface area contributed by atoms with Crippen molar-refractivity contribution in [1.29, 1.82) is 0 Å². The van der Waals surface area contributed by atoms with Gasteiger partial charge in [-0.2, -0.15) is 0 Å². The number of rotatable bonds is 5. The summed E-state index contributed by atoms with van der Waals surface area (Å²) >= 11 is 1.70. The molecule has 17 heavy (non-hydrogen) atoms. The zero-order chi connectivity index (χ0) is 13.1. The van der Waals surface area contributed by atoms with Gasteiger partial charge in [-0.1, -0.05) is 34.1 Å². The molecule has 1 heterocycles. The Morgan fingerprint density at radius 3 is 2.41 bits per heavy atom. The Morgan fingerprint density at radius 2 is 2.06 bits per heavy atom. The maximum Gasteiger partial charge on any atom is 0.122 e. The molecule has 0 bridgehead atoms. The molecule has 1 unspecified atom stereocenters. The smallest absolute Gasteiger partial charge is 0.122 e. The molecule has 0 saturated heterocycles. The summed E-state index contributed by atoms with van der Waals surface area (Å²) in [5, 5.41) is 1.07. The Hall–Kier alpha value is -0.450. The van der Waals surface area contributed by atoms with Crippen LogP contribution in [0.25, 0.3) is 0 Å². The van der Waals surface area contributed by atoms with Gasteiger partial charge in [-0.15, -0.1) is 11.3 Å². The molecule has 0 radical (unpaired) electrons. The van der Waals surface area contributed by atoms with Crippen molar-refractivity contribution in [3.05, 3.63) is 15.6 Å². The van der Waals surface area contributed by atoms with Gasteiger partial charge >= 0.3 is 0 Å². The fourth-order valence-corrected chi connectivity index (χ4v) is 3.10. The van der Waals surface area contributed by atoms with Crippen LogP contribution in [0.5, 0.6) is 0 Å². The van der Waals surface area contributed by atoms with Crippen molar-refractivity contribution in [3.8, 4) is 0 Å². The summed E-state index contributed by atoms with van der Waals surface area (Å²) in [4.78, 5) is 5.94. The molecule has 0 fully saturated rings. The summed E-state index contributed by atoms with van der Waals surface area (Å²) in [5.41, 5.74) is 6.98. The summed E-state index contributed by atoms with van der Waals surface area (Å²) in [6, 6.07) is 0. The average Bonchev–Trinajstić information content (AvgIpc) is 2.69. The highest BCUT2D eigenvalue weighted by molar-refractivity contribution is 7.11. The first kappa shape index (κ1) is 14.6. The third-order valence-corrected chi connectivity index (χ3v) is 3.89. The van der Waals surface area contributed by atoms with Gasteiger partial charge in [0.1, 0.15) is 11.1 Å². The molecule has 0 aliphatic carbocycles. The van der Waals surface area contributed by atoms with E-state index in [9.17, 15) is 0 Å². The van der Waals surface area contributed by atoms with Crippen LogP contribution in [0.1, 0.15) is 62.2 Å². The van der Waals surface area contributed by atoms with Gasteiger partial charge in [0, 0.05) is 23.9 Å². The van der Waals surface area contributed by atoms with Gasteiger partial charge in [0.2, 0.25) is 0 Å². The van der Waals surface area contributed by atoms with E-state index in [4.69, 9.17) is 15.5 Å². The van der Waals surface area contributed by atoms with Crippen LogP contribution in [0.2, 0.25) is 0 Å². The van der Waals surface area contributed by atoms with Gasteiger partial charge in [-0.05, 0) is 6.42 Å². The van der Waals surface area contributed by atoms with E-state index >= 15 is 0 Å². The summed E-state index contributed by atoms with van der Waals surface area (Å²) in [7, 11) is 1.75. The number of hydrogen-bond acceptors (Lipinski definition) is 4. The maximum atomic E-state index is 5.81. The monoisotopic (exact) mass is 256 g/mol. The molecule has 0 amide bonds. The molecule has 0 saturated carbocycles. The second-order valence-electron chi connectivity index (χ2n) is 5.29. The molecular formula is C13H24N2OS. The van der Waals surface area contributed by atoms with Crippen molar-refractivity contribution in [2.45, 2.75) is 58.6 Å². The first-order valence-electron chi connectivity index (χ1n) is 6.17. The quantitative estimate of drug-likeness (QED) is 0.878. The normalized spacial score (nSPS) is 14.0. The predicted molar refractivity (Wildman–Crippen MR) is 73.4 cm³/mol. The first-order chi connectivity index (χ1) is 7.93. The van der Waals surface area contributed by atoms with Crippen molar-refractivity contribution in [2.75, 3.05) is 7.11 Å². The second-order valence-corrected chi connectivity index (χ2v) is 6.41. The molecule has 2 N–H and O–H groups in total. The number of thiazole rings is 1. The molecule has 0 aliphatic rings. The number of nitrogens with two attached hydrogens (primary N) is 1. The zero-order valence-electron chi connectivity index (χ0n) is 11.5. The number of hydrogen-bond donors (Lipinski definition) is 1.